The third kappa shape index (κ3) is 6.24. The van der Waals surface area contributed by atoms with Crippen LogP contribution in [0.3, 0.4) is 0 Å². The number of rotatable bonds is 9. The summed E-state index contributed by atoms with van der Waals surface area (Å²) in [5.74, 6) is 0.850. The molecule has 11 heteroatoms. The number of nitrogens with one attached hydrogen (secondary N) is 1. The molecule has 1 aromatic heterocycles. The number of carbonyl (C=O) groups is 1. The fourth-order valence-electron chi connectivity index (χ4n) is 2.93. The fourth-order valence-corrected chi connectivity index (χ4v) is 7.47. The van der Waals surface area contributed by atoms with Gasteiger partial charge in [0, 0.05) is 0 Å². The SMILES string of the molecule is CCOC(=O)c1cnc(Nc2cc(OC)cc(OC)c2)nc1[AsH]c1ccccc1S(C)(=O)=O. The predicted octanol–water partition coefficient (Wildman–Crippen LogP) is 1.20. The number of nitrogens with zero attached hydrogens (tertiary/aromatic N) is 2. The maximum atomic E-state index is 12.5. The second-order valence-electron chi connectivity index (χ2n) is 6.80. The molecule has 9 nitrogen and oxygen atoms in total. The van der Waals surface area contributed by atoms with Gasteiger partial charge in [0.15, 0.2) is 0 Å². The van der Waals surface area contributed by atoms with Crippen LogP contribution in [0.5, 0.6) is 11.5 Å². The number of carbonyl (C=O) groups excluding carboxylic acids is 1. The van der Waals surface area contributed by atoms with Gasteiger partial charge in [-0.1, -0.05) is 0 Å². The van der Waals surface area contributed by atoms with Gasteiger partial charge < -0.3 is 0 Å². The molecule has 0 aliphatic rings. The number of sulfone groups is 1. The standard InChI is InChI=1S/C22H24AsN3O6S/c1-5-32-21(27)17-13-24-22(25-14-10-15(30-2)12-16(11-14)31-3)26-20(17)23-18-8-6-7-9-19(18)33(4,28)29/h6-13,23H,5H2,1-4H3,(H,24,25,26). The Morgan fingerprint density at radius 3 is 2.36 bits per heavy atom. The van der Waals surface area contributed by atoms with E-state index in [1.165, 1.54) is 6.20 Å². The van der Waals surface area contributed by atoms with E-state index >= 15 is 0 Å². The van der Waals surface area contributed by atoms with Gasteiger partial charge in [-0.3, -0.25) is 0 Å². The van der Waals surface area contributed by atoms with Crippen LogP contribution in [0, 0.1) is 0 Å². The summed E-state index contributed by atoms with van der Waals surface area (Å²) in [5, 5.41) is 3.09. The molecule has 1 N–H and O–H groups in total. The Morgan fingerprint density at radius 1 is 1.09 bits per heavy atom. The van der Waals surface area contributed by atoms with Crippen molar-refractivity contribution >= 4 is 52.0 Å². The number of ether oxygens (including phenoxy) is 3. The first-order chi connectivity index (χ1) is 15.7. The van der Waals surface area contributed by atoms with Crippen LogP contribution in [0.2, 0.25) is 0 Å². The van der Waals surface area contributed by atoms with E-state index in [1.807, 2.05) is 0 Å². The molecule has 0 spiro atoms. The third-order valence-corrected chi connectivity index (χ3v) is 8.74. The number of methoxy groups -OCH3 is 2. The van der Waals surface area contributed by atoms with Crippen LogP contribution < -0.4 is 23.6 Å². The molecule has 0 amide bonds. The summed E-state index contributed by atoms with van der Waals surface area (Å²) in [6.07, 6.45) is 2.56. The minimum atomic E-state index is -3.44. The van der Waals surface area contributed by atoms with E-state index in [0.29, 0.717) is 26.0 Å². The third-order valence-electron chi connectivity index (χ3n) is 4.43. The zero-order valence-corrected chi connectivity index (χ0v) is 21.5. The zero-order chi connectivity index (χ0) is 24.0. The van der Waals surface area contributed by atoms with E-state index in [-0.39, 0.29) is 23.0 Å². The van der Waals surface area contributed by atoms with E-state index in [4.69, 9.17) is 14.2 Å². The van der Waals surface area contributed by atoms with Crippen molar-refractivity contribution in [3.05, 3.63) is 54.2 Å². The van der Waals surface area contributed by atoms with Gasteiger partial charge in [0.2, 0.25) is 0 Å². The molecule has 1 unspecified atom stereocenters. The van der Waals surface area contributed by atoms with Gasteiger partial charge in [-0.05, 0) is 0 Å². The number of esters is 1. The molecule has 174 valence electrons. The van der Waals surface area contributed by atoms with Crippen molar-refractivity contribution in [2.45, 2.75) is 11.8 Å². The first-order valence-corrected chi connectivity index (χ1v) is 13.8. The number of aromatic nitrogens is 2. The summed E-state index contributed by atoms with van der Waals surface area (Å²) in [4.78, 5) is 21.6. The summed E-state index contributed by atoms with van der Waals surface area (Å²) < 4.78 is 41.3. The molecule has 0 bridgehead atoms. The molecular formula is C22H24AsN3O6S. The van der Waals surface area contributed by atoms with Crippen LogP contribution >= 0.6 is 0 Å². The molecule has 2 aromatic carbocycles. The van der Waals surface area contributed by atoms with E-state index in [0.717, 1.165) is 6.26 Å². The van der Waals surface area contributed by atoms with Gasteiger partial charge >= 0.3 is 199 Å². The predicted molar refractivity (Wildman–Crippen MR) is 127 cm³/mol. The van der Waals surface area contributed by atoms with Gasteiger partial charge in [0.25, 0.3) is 0 Å². The summed E-state index contributed by atoms with van der Waals surface area (Å²) in [5.41, 5.74) is 0.839. The van der Waals surface area contributed by atoms with Gasteiger partial charge in [-0.25, -0.2) is 0 Å². The first kappa shape index (κ1) is 24.5. The molecule has 0 saturated carbocycles. The van der Waals surface area contributed by atoms with Gasteiger partial charge in [-0.2, -0.15) is 0 Å². The quantitative estimate of drug-likeness (QED) is 0.320. The number of hydrogen-bond donors (Lipinski definition) is 1. The van der Waals surface area contributed by atoms with Crippen molar-refractivity contribution in [2.75, 3.05) is 32.4 Å². The van der Waals surface area contributed by atoms with Crippen LogP contribution in [0.15, 0.2) is 53.6 Å². The van der Waals surface area contributed by atoms with E-state index in [9.17, 15) is 13.2 Å². The average molecular weight is 533 g/mol. The Balaban J connectivity index is 2.04. The normalized spacial score (nSPS) is 11.4. The van der Waals surface area contributed by atoms with Crippen molar-refractivity contribution in [3.8, 4) is 11.5 Å². The average Bonchev–Trinajstić information content (AvgIpc) is 2.78. The Bertz CT molecular complexity index is 1240. The molecular weight excluding hydrogens is 509 g/mol. The number of benzene rings is 2. The van der Waals surface area contributed by atoms with Crippen LogP contribution in [-0.2, 0) is 14.6 Å². The van der Waals surface area contributed by atoms with Crippen molar-refractivity contribution in [1.82, 2.24) is 9.97 Å². The minimum absolute atomic E-state index is 0.196. The second-order valence-corrected chi connectivity index (χ2v) is 11.4. The molecule has 3 aromatic rings. The maximum absolute atomic E-state index is 12.5. The molecule has 33 heavy (non-hydrogen) atoms. The van der Waals surface area contributed by atoms with Crippen molar-refractivity contribution in [1.29, 1.82) is 0 Å². The van der Waals surface area contributed by atoms with Gasteiger partial charge in [0.05, 0.1) is 0 Å². The monoisotopic (exact) mass is 533 g/mol. The second kappa shape index (κ2) is 10.7. The molecule has 0 radical (unpaired) electrons. The summed E-state index contributed by atoms with van der Waals surface area (Å²) in [7, 11) is -0.348. The summed E-state index contributed by atoms with van der Waals surface area (Å²) in [6, 6.07) is 12.0. The van der Waals surface area contributed by atoms with Gasteiger partial charge in [-0.15, -0.1) is 0 Å². The molecule has 1 atom stereocenters. The van der Waals surface area contributed by atoms with Crippen molar-refractivity contribution in [3.63, 3.8) is 0 Å². The topological polar surface area (TPSA) is 117 Å². The molecule has 1 heterocycles. The van der Waals surface area contributed by atoms with E-state index in [2.05, 4.69) is 15.3 Å². The van der Waals surface area contributed by atoms with Crippen LogP contribution in [-0.4, -0.2) is 67.2 Å². The van der Waals surface area contributed by atoms with Gasteiger partial charge in [0.1, 0.15) is 0 Å². The number of hydrogen-bond acceptors (Lipinski definition) is 9. The Morgan fingerprint density at radius 2 is 1.76 bits per heavy atom. The molecule has 0 fully saturated rings. The molecule has 0 aliphatic heterocycles. The first-order valence-electron chi connectivity index (χ1n) is 9.85. The summed E-state index contributed by atoms with van der Waals surface area (Å²) >= 11 is -1.33. The van der Waals surface area contributed by atoms with E-state index in [1.54, 1.807) is 63.6 Å². The molecule has 3 rings (SSSR count). The van der Waals surface area contributed by atoms with Crippen LogP contribution in [0.1, 0.15) is 17.3 Å². The summed E-state index contributed by atoms with van der Waals surface area (Å²) in [6.45, 7) is 1.90. The zero-order valence-electron chi connectivity index (χ0n) is 18.6. The number of anilines is 2. The van der Waals surface area contributed by atoms with Crippen LogP contribution in [0.25, 0.3) is 0 Å². The van der Waals surface area contributed by atoms with Crippen LogP contribution in [0.4, 0.5) is 11.6 Å². The Kier molecular flexibility index (Phi) is 7.94. The van der Waals surface area contributed by atoms with Crippen molar-refractivity contribution < 1.29 is 27.4 Å². The Labute approximate surface area is 199 Å². The van der Waals surface area contributed by atoms with E-state index < -0.39 is 31.6 Å². The van der Waals surface area contributed by atoms with Crippen molar-refractivity contribution in [2.24, 2.45) is 0 Å². The fraction of sp³-hybridized carbons (Fsp3) is 0.227. The molecule has 0 aliphatic carbocycles. The molecule has 0 saturated heterocycles. The Hall–Kier alpha value is -3.10.